The Balaban J connectivity index is 1.17. The van der Waals surface area contributed by atoms with Gasteiger partial charge in [0, 0.05) is 33.0 Å². The van der Waals surface area contributed by atoms with Crippen LogP contribution in [-0.2, 0) is 16.2 Å². The SMILES string of the molecule is CC1(C)c2cccc3c2N2c4c1cccc4C(C)(C)c1cc(N(c4ccc(-c5ccc6ccccc6c5)cc4)c4cccc5ccccc45)cc(c12)C3(C)C. The van der Waals surface area contributed by atoms with E-state index in [1.807, 2.05) is 0 Å². The standard InChI is InChI=1S/C53H44N2/c1-51(2)41-19-12-21-43-48(41)55-49-42(51)20-13-22-44(49)53(5,6)46-32-39(31-45(50(46)55)52(43,3)4)54(47-23-11-17-35-15-9-10-18-40(35)47)38-28-26-34(27-29-38)37-25-24-33-14-7-8-16-36(33)30-37/h7-32H,1-6H3. The molecule has 0 saturated carbocycles. The third kappa shape index (κ3) is 4.31. The predicted octanol–water partition coefficient (Wildman–Crippen LogP) is 14.5. The summed E-state index contributed by atoms with van der Waals surface area (Å²) in [5.74, 6) is 0. The number of nitrogens with zero attached hydrogens (tertiary/aromatic N) is 2. The van der Waals surface area contributed by atoms with Crippen molar-refractivity contribution in [1.82, 2.24) is 0 Å². The molecule has 0 radical (unpaired) electrons. The van der Waals surface area contributed by atoms with Crippen molar-refractivity contribution in [3.63, 3.8) is 0 Å². The number of anilines is 6. The molecule has 0 bridgehead atoms. The molecule has 266 valence electrons. The Hall–Kier alpha value is -6.12. The summed E-state index contributed by atoms with van der Waals surface area (Å²) >= 11 is 0. The lowest BCUT2D eigenvalue weighted by Crippen LogP contribution is -2.43. The van der Waals surface area contributed by atoms with Crippen LogP contribution >= 0.6 is 0 Å². The zero-order valence-corrected chi connectivity index (χ0v) is 32.4. The Morgan fingerprint density at radius 1 is 0.364 bits per heavy atom. The van der Waals surface area contributed by atoms with Crippen molar-refractivity contribution < 1.29 is 0 Å². The van der Waals surface area contributed by atoms with E-state index in [1.165, 1.54) is 94.5 Å². The maximum Gasteiger partial charge on any atom is 0.0545 e. The van der Waals surface area contributed by atoms with Crippen molar-refractivity contribution in [1.29, 1.82) is 0 Å². The molecule has 0 atom stereocenters. The van der Waals surface area contributed by atoms with Crippen molar-refractivity contribution in [3.8, 4) is 11.1 Å². The van der Waals surface area contributed by atoms with E-state index in [4.69, 9.17) is 0 Å². The Labute approximate surface area is 324 Å². The van der Waals surface area contributed by atoms with Gasteiger partial charge in [-0.2, -0.15) is 0 Å². The van der Waals surface area contributed by atoms with Crippen LogP contribution in [0.1, 0.15) is 74.9 Å². The smallest absolute Gasteiger partial charge is 0.0545 e. The fourth-order valence-corrected chi connectivity index (χ4v) is 10.3. The zero-order chi connectivity index (χ0) is 37.4. The first-order chi connectivity index (χ1) is 26.5. The number of fused-ring (bicyclic) bond motifs is 2. The molecular formula is C53H44N2. The minimum atomic E-state index is -0.234. The van der Waals surface area contributed by atoms with E-state index in [0.29, 0.717) is 0 Å². The van der Waals surface area contributed by atoms with E-state index in [0.717, 1.165) is 5.69 Å². The predicted molar refractivity (Wildman–Crippen MR) is 233 cm³/mol. The molecule has 3 aliphatic rings. The molecule has 8 aromatic rings. The summed E-state index contributed by atoms with van der Waals surface area (Å²) in [6.45, 7) is 14.6. The Bertz CT molecular complexity index is 2810. The van der Waals surface area contributed by atoms with E-state index in [2.05, 4.69) is 209 Å². The van der Waals surface area contributed by atoms with Crippen LogP contribution in [0.4, 0.5) is 34.1 Å². The van der Waals surface area contributed by atoms with Crippen molar-refractivity contribution in [2.45, 2.75) is 57.8 Å². The lowest BCUT2D eigenvalue weighted by molar-refractivity contribution is 0.566. The first-order valence-electron chi connectivity index (χ1n) is 19.7. The van der Waals surface area contributed by atoms with Crippen LogP contribution in [0.5, 0.6) is 0 Å². The van der Waals surface area contributed by atoms with Gasteiger partial charge in [0.2, 0.25) is 0 Å². The van der Waals surface area contributed by atoms with Crippen molar-refractivity contribution >= 4 is 55.7 Å². The highest BCUT2D eigenvalue weighted by atomic mass is 15.2. The van der Waals surface area contributed by atoms with Crippen LogP contribution in [0.15, 0.2) is 158 Å². The highest BCUT2D eigenvalue weighted by Gasteiger charge is 2.51. The summed E-state index contributed by atoms with van der Waals surface area (Å²) in [5.41, 5.74) is 17.8. The van der Waals surface area contributed by atoms with Gasteiger partial charge in [-0.05, 0) is 97.1 Å². The molecular weight excluding hydrogens is 665 g/mol. The molecule has 3 heterocycles. The second-order valence-electron chi connectivity index (χ2n) is 17.4. The molecule has 0 N–H and O–H groups in total. The van der Waals surface area contributed by atoms with Crippen LogP contribution in [0, 0.1) is 0 Å². The number of hydrogen-bond donors (Lipinski definition) is 0. The van der Waals surface area contributed by atoms with Gasteiger partial charge in [-0.1, -0.05) is 163 Å². The van der Waals surface area contributed by atoms with Gasteiger partial charge in [-0.15, -0.1) is 0 Å². The summed E-state index contributed by atoms with van der Waals surface area (Å²) < 4.78 is 0. The molecule has 0 aliphatic carbocycles. The normalized spacial score (nSPS) is 16.2. The second kappa shape index (κ2) is 11.0. The topological polar surface area (TPSA) is 6.48 Å². The van der Waals surface area contributed by atoms with Crippen LogP contribution < -0.4 is 9.80 Å². The average molecular weight is 709 g/mol. The first kappa shape index (κ1) is 32.3. The summed E-state index contributed by atoms with van der Waals surface area (Å²) in [6.07, 6.45) is 0. The fourth-order valence-electron chi connectivity index (χ4n) is 10.3. The van der Waals surface area contributed by atoms with Crippen LogP contribution in [-0.4, -0.2) is 0 Å². The molecule has 0 saturated heterocycles. The van der Waals surface area contributed by atoms with Gasteiger partial charge in [0.1, 0.15) is 0 Å². The summed E-state index contributed by atoms with van der Waals surface area (Å²) in [5, 5.41) is 4.99. The number of para-hydroxylation sites is 2. The summed E-state index contributed by atoms with van der Waals surface area (Å²) in [4.78, 5) is 5.17. The monoisotopic (exact) mass is 708 g/mol. The second-order valence-corrected chi connectivity index (χ2v) is 17.4. The Kier molecular flexibility index (Phi) is 6.45. The lowest BCUT2D eigenvalue weighted by Gasteiger charge is -2.55. The van der Waals surface area contributed by atoms with Gasteiger partial charge < -0.3 is 9.80 Å². The molecule has 0 fully saturated rings. The third-order valence-corrected chi connectivity index (χ3v) is 13.4. The molecule has 0 amide bonds. The quantitative estimate of drug-likeness (QED) is 0.180. The van der Waals surface area contributed by atoms with Crippen molar-refractivity contribution in [2.75, 3.05) is 9.80 Å². The van der Waals surface area contributed by atoms with Crippen molar-refractivity contribution in [2.24, 2.45) is 0 Å². The lowest BCUT2D eigenvalue weighted by atomic mass is 9.61. The van der Waals surface area contributed by atoms with Gasteiger partial charge in [-0.25, -0.2) is 0 Å². The number of benzene rings is 8. The van der Waals surface area contributed by atoms with Crippen LogP contribution in [0.2, 0.25) is 0 Å². The number of rotatable bonds is 4. The zero-order valence-electron chi connectivity index (χ0n) is 32.4. The van der Waals surface area contributed by atoms with Crippen LogP contribution in [0.3, 0.4) is 0 Å². The van der Waals surface area contributed by atoms with E-state index in [-0.39, 0.29) is 16.2 Å². The van der Waals surface area contributed by atoms with Gasteiger partial charge in [0.15, 0.2) is 0 Å². The fraction of sp³-hybridized carbons (Fsp3) is 0.170. The van der Waals surface area contributed by atoms with E-state index in [1.54, 1.807) is 0 Å². The van der Waals surface area contributed by atoms with Gasteiger partial charge in [0.25, 0.3) is 0 Å². The average Bonchev–Trinajstić information content (AvgIpc) is 3.20. The molecule has 0 aromatic heterocycles. The highest BCUT2D eigenvalue weighted by molar-refractivity contribution is 6.02. The largest absolute Gasteiger partial charge is 0.310 e. The molecule has 55 heavy (non-hydrogen) atoms. The Morgan fingerprint density at radius 3 is 1.45 bits per heavy atom. The van der Waals surface area contributed by atoms with Gasteiger partial charge in [-0.3, -0.25) is 0 Å². The molecule has 2 nitrogen and oxygen atoms in total. The van der Waals surface area contributed by atoms with E-state index < -0.39 is 0 Å². The summed E-state index contributed by atoms with van der Waals surface area (Å²) in [7, 11) is 0. The molecule has 3 aliphatic heterocycles. The molecule has 0 spiro atoms. The summed E-state index contributed by atoms with van der Waals surface area (Å²) in [6, 6.07) is 59.2. The minimum absolute atomic E-state index is 0.113. The first-order valence-corrected chi connectivity index (χ1v) is 19.7. The molecule has 0 unspecified atom stereocenters. The highest BCUT2D eigenvalue weighted by Crippen LogP contribution is 2.66. The molecule has 11 rings (SSSR count). The van der Waals surface area contributed by atoms with E-state index >= 15 is 0 Å². The van der Waals surface area contributed by atoms with Gasteiger partial charge >= 0.3 is 0 Å². The maximum atomic E-state index is 2.66. The van der Waals surface area contributed by atoms with Gasteiger partial charge in [0.05, 0.1) is 22.7 Å². The minimum Gasteiger partial charge on any atom is -0.310 e. The molecule has 8 aromatic carbocycles. The third-order valence-electron chi connectivity index (χ3n) is 13.4. The van der Waals surface area contributed by atoms with E-state index in [9.17, 15) is 0 Å². The number of hydrogen-bond acceptors (Lipinski definition) is 2. The maximum absolute atomic E-state index is 2.66. The van der Waals surface area contributed by atoms with Crippen LogP contribution in [0.25, 0.3) is 32.7 Å². The Morgan fingerprint density at radius 2 is 0.836 bits per heavy atom. The van der Waals surface area contributed by atoms with Crippen molar-refractivity contribution in [3.05, 3.63) is 191 Å². The molecule has 2 heteroatoms.